The van der Waals surface area contributed by atoms with Crippen molar-refractivity contribution >= 4 is 29.7 Å². The topological polar surface area (TPSA) is 41.1 Å². The molecule has 2 N–H and O–H groups in total. The van der Waals surface area contributed by atoms with E-state index in [0.717, 1.165) is 36.4 Å². The van der Waals surface area contributed by atoms with E-state index in [1.165, 1.54) is 11.3 Å². The number of aryl methyl sites for hydroxylation is 1. The van der Waals surface area contributed by atoms with Gasteiger partial charge >= 0.3 is 0 Å². The normalized spacial score (nSPS) is 19.9. The Hall–Kier alpha value is -0.580. The number of carbonyl (C=O) groups excluding carboxylic acids is 1. The number of nitrogens with one attached hydrogen (secondary N) is 2. The summed E-state index contributed by atoms with van der Waals surface area (Å²) in [4.78, 5) is 12.7. The minimum absolute atomic E-state index is 0. The summed E-state index contributed by atoms with van der Waals surface area (Å²) in [6, 6.07) is 2.28. The Morgan fingerprint density at radius 2 is 2.44 bits per heavy atom. The van der Waals surface area contributed by atoms with E-state index in [1.54, 1.807) is 0 Å². The van der Waals surface area contributed by atoms with Crippen LogP contribution in [0.1, 0.15) is 28.1 Å². The smallest absolute Gasteiger partial charge is 0.261 e. The van der Waals surface area contributed by atoms with E-state index in [0.29, 0.717) is 6.04 Å². The van der Waals surface area contributed by atoms with E-state index < -0.39 is 0 Å². The zero-order valence-electron chi connectivity index (χ0n) is 9.29. The highest BCUT2D eigenvalue weighted by atomic mass is 35.5. The minimum atomic E-state index is 0. The third-order valence-corrected chi connectivity index (χ3v) is 3.72. The SMILES string of the molecule is Cc1ccsc1C(=O)N[C@@H]1CCCNC1.Cl. The highest BCUT2D eigenvalue weighted by molar-refractivity contribution is 7.12. The third-order valence-electron chi connectivity index (χ3n) is 2.70. The molecule has 5 heteroatoms. The minimum Gasteiger partial charge on any atom is -0.347 e. The van der Waals surface area contributed by atoms with Gasteiger partial charge in [0.1, 0.15) is 0 Å². The van der Waals surface area contributed by atoms with Crippen LogP contribution in [0.2, 0.25) is 0 Å². The van der Waals surface area contributed by atoms with Crippen molar-refractivity contribution in [1.29, 1.82) is 0 Å². The number of rotatable bonds is 2. The van der Waals surface area contributed by atoms with Gasteiger partial charge in [0.2, 0.25) is 0 Å². The van der Waals surface area contributed by atoms with E-state index in [4.69, 9.17) is 0 Å². The predicted octanol–water partition coefficient (Wildman–Crippen LogP) is 1.96. The summed E-state index contributed by atoms with van der Waals surface area (Å²) >= 11 is 1.51. The molecule has 0 aliphatic carbocycles. The molecular formula is C11H17ClN2OS. The summed E-state index contributed by atoms with van der Waals surface area (Å²) in [5.41, 5.74) is 1.07. The van der Waals surface area contributed by atoms with Crippen molar-refractivity contribution in [2.75, 3.05) is 13.1 Å². The van der Waals surface area contributed by atoms with Crippen molar-refractivity contribution in [3.63, 3.8) is 0 Å². The van der Waals surface area contributed by atoms with Crippen LogP contribution in [0.3, 0.4) is 0 Å². The fourth-order valence-electron chi connectivity index (χ4n) is 1.83. The molecule has 0 spiro atoms. The molecule has 0 bridgehead atoms. The van der Waals surface area contributed by atoms with Gasteiger partial charge in [-0.1, -0.05) is 0 Å². The summed E-state index contributed by atoms with van der Waals surface area (Å²) in [5.74, 6) is 0.0798. The van der Waals surface area contributed by atoms with Crippen molar-refractivity contribution < 1.29 is 4.79 Å². The molecule has 0 unspecified atom stereocenters. The highest BCUT2D eigenvalue weighted by Crippen LogP contribution is 2.15. The van der Waals surface area contributed by atoms with Gasteiger partial charge in [-0.05, 0) is 43.3 Å². The molecule has 1 aliphatic heterocycles. The second-order valence-electron chi connectivity index (χ2n) is 3.95. The molecule has 1 saturated heterocycles. The van der Waals surface area contributed by atoms with Crippen molar-refractivity contribution in [3.8, 4) is 0 Å². The average Bonchev–Trinajstić information content (AvgIpc) is 2.66. The Morgan fingerprint density at radius 1 is 1.62 bits per heavy atom. The van der Waals surface area contributed by atoms with Crippen LogP contribution in [-0.2, 0) is 0 Å². The number of hydrogen-bond donors (Lipinski definition) is 2. The molecule has 1 fully saturated rings. The Morgan fingerprint density at radius 3 is 3.00 bits per heavy atom. The van der Waals surface area contributed by atoms with E-state index >= 15 is 0 Å². The van der Waals surface area contributed by atoms with Gasteiger partial charge < -0.3 is 10.6 Å². The van der Waals surface area contributed by atoms with E-state index in [9.17, 15) is 4.79 Å². The number of thiophene rings is 1. The van der Waals surface area contributed by atoms with Crippen LogP contribution in [0.5, 0.6) is 0 Å². The molecule has 1 amide bonds. The average molecular weight is 261 g/mol. The molecule has 0 aromatic carbocycles. The lowest BCUT2D eigenvalue weighted by Gasteiger charge is -2.23. The first-order valence-corrected chi connectivity index (χ1v) is 6.21. The van der Waals surface area contributed by atoms with Gasteiger partial charge in [0.05, 0.1) is 4.88 Å². The summed E-state index contributed by atoms with van der Waals surface area (Å²) < 4.78 is 0. The Labute approximate surface area is 106 Å². The van der Waals surface area contributed by atoms with Gasteiger partial charge in [-0.3, -0.25) is 4.79 Å². The first-order chi connectivity index (χ1) is 7.27. The standard InChI is InChI=1S/C11H16N2OS.ClH/c1-8-4-6-15-10(8)11(14)13-9-3-2-5-12-7-9;/h4,6,9,12H,2-3,5,7H2,1H3,(H,13,14);1H/t9-;/m1./s1. The Balaban J connectivity index is 0.00000128. The quantitative estimate of drug-likeness (QED) is 0.854. The van der Waals surface area contributed by atoms with Crippen LogP contribution in [-0.4, -0.2) is 25.0 Å². The number of halogens is 1. The number of hydrogen-bond acceptors (Lipinski definition) is 3. The largest absolute Gasteiger partial charge is 0.347 e. The zero-order chi connectivity index (χ0) is 10.7. The maximum atomic E-state index is 11.9. The molecule has 1 aliphatic rings. The van der Waals surface area contributed by atoms with E-state index in [-0.39, 0.29) is 18.3 Å². The molecule has 0 saturated carbocycles. The zero-order valence-corrected chi connectivity index (χ0v) is 10.9. The number of amides is 1. The summed E-state index contributed by atoms with van der Waals surface area (Å²) in [7, 11) is 0. The maximum absolute atomic E-state index is 11.9. The molecule has 0 radical (unpaired) electrons. The van der Waals surface area contributed by atoms with Crippen LogP contribution in [0.15, 0.2) is 11.4 Å². The lowest BCUT2D eigenvalue weighted by molar-refractivity contribution is 0.0934. The van der Waals surface area contributed by atoms with Gasteiger partial charge in [-0.25, -0.2) is 0 Å². The van der Waals surface area contributed by atoms with Crippen molar-refractivity contribution in [3.05, 3.63) is 21.9 Å². The lowest BCUT2D eigenvalue weighted by atomic mass is 10.1. The first-order valence-electron chi connectivity index (χ1n) is 5.33. The van der Waals surface area contributed by atoms with Gasteiger partial charge in [-0.2, -0.15) is 0 Å². The van der Waals surface area contributed by atoms with Crippen molar-refractivity contribution in [2.24, 2.45) is 0 Å². The maximum Gasteiger partial charge on any atom is 0.261 e. The van der Waals surface area contributed by atoms with Crippen LogP contribution in [0.4, 0.5) is 0 Å². The van der Waals surface area contributed by atoms with Crippen molar-refractivity contribution in [2.45, 2.75) is 25.8 Å². The fourth-order valence-corrected chi connectivity index (χ4v) is 2.66. The van der Waals surface area contributed by atoms with E-state index in [1.807, 2.05) is 18.4 Å². The molecule has 1 aromatic rings. The monoisotopic (exact) mass is 260 g/mol. The molecule has 90 valence electrons. The lowest BCUT2D eigenvalue weighted by Crippen LogP contribution is -2.45. The molecule has 3 nitrogen and oxygen atoms in total. The Kier molecular flexibility index (Phi) is 5.25. The van der Waals surface area contributed by atoms with E-state index in [2.05, 4.69) is 10.6 Å². The van der Waals surface area contributed by atoms with Crippen LogP contribution < -0.4 is 10.6 Å². The van der Waals surface area contributed by atoms with Gasteiger partial charge in [0.25, 0.3) is 5.91 Å². The van der Waals surface area contributed by atoms with Crippen LogP contribution in [0.25, 0.3) is 0 Å². The summed E-state index contributed by atoms with van der Waals surface area (Å²) in [5, 5.41) is 8.32. The van der Waals surface area contributed by atoms with Gasteiger partial charge in [-0.15, -0.1) is 23.7 Å². The number of carbonyl (C=O) groups is 1. The fraction of sp³-hybridized carbons (Fsp3) is 0.545. The Bertz CT molecular complexity index is 348. The van der Waals surface area contributed by atoms with Gasteiger partial charge in [0, 0.05) is 12.6 Å². The third kappa shape index (κ3) is 3.20. The first kappa shape index (κ1) is 13.5. The summed E-state index contributed by atoms with van der Waals surface area (Å²) in [6.07, 6.45) is 2.23. The number of piperidine rings is 1. The molecule has 1 atom stereocenters. The second kappa shape index (κ2) is 6.23. The molecule has 1 aromatic heterocycles. The molecule has 2 heterocycles. The second-order valence-corrected chi connectivity index (χ2v) is 4.87. The molecule has 2 rings (SSSR count). The van der Waals surface area contributed by atoms with Crippen LogP contribution in [0, 0.1) is 6.92 Å². The predicted molar refractivity (Wildman–Crippen MR) is 69.7 cm³/mol. The van der Waals surface area contributed by atoms with Crippen molar-refractivity contribution in [1.82, 2.24) is 10.6 Å². The van der Waals surface area contributed by atoms with Crippen LogP contribution >= 0.6 is 23.7 Å². The van der Waals surface area contributed by atoms with Gasteiger partial charge in [0.15, 0.2) is 0 Å². The molecule has 16 heavy (non-hydrogen) atoms. The summed E-state index contributed by atoms with van der Waals surface area (Å²) in [6.45, 7) is 3.95. The highest BCUT2D eigenvalue weighted by Gasteiger charge is 2.17. The molecular weight excluding hydrogens is 244 g/mol.